The van der Waals surface area contributed by atoms with E-state index < -0.39 is 35.7 Å². The number of carbonyl (C=O) groups is 3. The second-order valence-corrected chi connectivity index (χ2v) is 10.3. The van der Waals surface area contributed by atoms with Crippen molar-refractivity contribution in [2.45, 2.75) is 123 Å². The Morgan fingerprint density at radius 1 is 0.697 bits per heavy atom. The van der Waals surface area contributed by atoms with Crippen molar-refractivity contribution in [2.24, 2.45) is 23.7 Å². The zero-order valence-corrected chi connectivity index (χ0v) is 21.1. The molecule has 0 saturated heterocycles. The number of carboxylic acid groups (broad SMARTS) is 2. The fourth-order valence-corrected chi connectivity index (χ4v) is 4.96. The van der Waals surface area contributed by atoms with Crippen LogP contribution >= 0.6 is 0 Å². The Morgan fingerprint density at radius 2 is 1.15 bits per heavy atom. The fourth-order valence-electron chi connectivity index (χ4n) is 4.96. The summed E-state index contributed by atoms with van der Waals surface area (Å²) in [5.74, 6) is -5.12. The van der Waals surface area contributed by atoms with E-state index >= 15 is 0 Å². The third-order valence-corrected chi connectivity index (χ3v) is 6.97. The van der Waals surface area contributed by atoms with Gasteiger partial charge < -0.3 is 14.9 Å². The molecule has 0 bridgehead atoms. The predicted molar refractivity (Wildman–Crippen MR) is 130 cm³/mol. The highest BCUT2D eigenvalue weighted by Gasteiger charge is 2.46. The van der Waals surface area contributed by atoms with Gasteiger partial charge in [-0.1, -0.05) is 104 Å². The standard InChI is InChI=1S/C27H48O6/c1-21(2)17-14-12-10-8-6-4-3-5-7-9-11-13-15-20-33-27(32)23-19-16-18-22(25(28)29)24(23)26(30)31/h21-24H,3-20H2,1-2H3,(H,28,29)(H,30,31). The Hall–Kier alpha value is -1.59. The smallest absolute Gasteiger partial charge is 0.309 e. The largest absolute Gasteiger partial charge is 0.481 e. The van der Waals surface area contributed by atoms with Crippen molar-refractivity contribution in [3.63, 3.8) is 0 Å². The van der Waals surface area contributed by atoms with Crippen molar-refractivity contribution >= 4 is 17.9 Å². The summed E-state index contributed by atoms with van der Waals surface area (Å²) in [7, 11) is 0. The van der Waals surface area contributed by atoms with Crippen molar-refractivity contribution in [1.29, 1.82) is 0 Å². The van der Waals surface area contributed by atoms with E-state index in [1.165, 1.54) is 70.6 Å². The minimum Gasteiger partial charge on any atom is -0.481 e. The van der Waals surface area contributed by atoms with Crippen LogP contribution in [0.2, 0.25) is 0 Å². The van der Waals surface area contributed by atoms with Crippen LogP contribution in [0.15, 0.2) is 0 Å². The molecular weight excluding hydrogens is 420 g/mol. The van der Waals surface area contributed by atoms with Gasteiger partial charge in [-0.05, 0) is 25.2 Å². The van der Waals surface area contributed by atoms with E-state index in [0.29, 0.717) is 19.3 Å². The zero-order valence-electron chi connectivity index (χ0n) is 21.1. The number of hydrogen-bond donors (Lipinski definition) is 2. The Bertz CT molecular complexity index is 559. The molecule has 0 amide bonds. The van der Waals surface area contributed by atoms with Crippen LogP contribution in [0.25, 0.3) is 0 Å². The lowest BCUT2D eigenvalue weighted by Gasteiger charge is -2.31. The van der Waals surface area contributed by atoms with Gasteiger partial charge in [-0.25, -0.2) is 0 Å². The average Bonchev–Trinajstić information content (AvgIpc) is 2.77. The molecule has 2 N–H and O–H groups in total. The summed E-state index contributed by atoms with van der Waals surface area (Å²) < 4.78 is 5.31. The van der Waals surface area contributed by atoms with Crippen LogP contribution < -0.4 is 0 Å². The average molecular weight is 469 g/mol. The van der Waals surface area contributed by atoms with Crippen molar-refractivity contribution in [1.82, 2.24) is 0 Å². The second-order valence-electron chi connectivity index (χ2n) is 10.3. The Balaban J connectivity index is 1.99. The number of ether oxygens (including phenoxy) is 1. The molecule has 6 heteroatoms. The highest BCUT2D eigenvalue weighted by Crippen LogP contribution is 2.36. The Kier molecular flexibility index (Phi) is 15.9. The molecule has 0 heterocycles. The number of esters is 1. The van der Waals surface area contributed by atoms with Gasteiger partial charge in [0.1, 0.15) is 0 Å². The number of unbranched alkanes of at least 4 members (excludes halogenated alkanes) is 12. The minimum atomic E-state index is -1.22. The Morgan fingerprint density at radius 3 is 1.61 bits per heavy atom. The van der Waals surface area contributed by atoms with E-state index in [4.69, 9.17) is 4.74 Å². The first-order valence-corrected chi connectivity index (χ1v) is 13.5. The fraction of sp³-hybridized carbons (Fsp3) is 0.889. The van der Waals surface area contributed by atoms with E-state index in [2.05, 4.69) is 13.8 Å². The van der Waals surface area contributed by atoms with E-state index in [1.807, 2.05) is 0 Å². The predicted octanol–water partition coefficient (Wildman–Crippen LogP) is 6.85. The van der Waals surface area contributed by atoms with Gasteiger partial charge in [0, 0.05) is 0 Å². The number of rotatable bonds is 19. The molecule has 0 aromatic rings. The molecular formula is C27H48O6. The van der Waals surface area contributed by atoms with Gasteiger partial charge in [0.25, 0.3) is 0 Å². The van der Waals surface area contributed by atoms with Gasteiger partial charge in [0.2, 0.25) is 0 Å². The topological polar surface area (TPSA) is 101 Å². The third kappa shape index (κ3) is 13.0. The lowest BCUT2D eigenvalue weighted by atomic mass is 9.72. The molecule has 0 radical (unpaired) electrons. The van der Waals surface area contributed by atoms with Gasteiger partial charge in [-0.2, -0.15) is 0 Å². The number of aliphatic carboxylic acids is 2. The molecule has 1 aliphatic carbocycles. The van der Waals surface area contributed by atoms with Crippen molar-refractivity contribution in [2.75, 3.05) is 6.61 Å². The SMILES string of the molecule is CC(C)CCCCCCCCCCCCCCCOC(=O)C1CCCC(C(=O)O)C1C(=O)O. The maximum Gasteiger partial charge on any atom is 0.309 e. The maximum absolute atomic E-state index is 12.4. The van der Waals surface area contributed by atoms with Gasteiger partial charge in [-0.3, -0.25) is 14.4 Å². The van der Waals surface area contributed by atoms with Crippen LogP contribution in [0.3, 0.4) is 0 Å². The quantitative estimate of drug-likeness (QED) is 0.159. The summed E-state index contributed by atoms with van der Waals surface area (Å²) in [6, 6.07) is 0. The number of carbonyl (C=O) groups excluding carboxylic acids is 1. The molecule has 1 rings (SSSR count). The zero-order chi connectivity index (χ0) is 24.5. The normalized spacial score (nSPS) is 20.6. The molecule has 1 fully saturated rings. The maximum atomic E-state index is 12.4. The monoisotopic (exact) mass is 468 g/mol. The van der Waals surface area contributed by atoms with Gasteiger partial charge in [0.05, 0.1) is 24.4 Å². The van der Waals surface area contributed by atoms with E-state index in [9.17, 15) is 24.6 Å². The number of carboxylic acids is 2. The van der Waals surface area contributed by atoms with Crippen molar-refractivity contribution < 1.29 is 29.3 Å². The van der Waals surface area contributed by atoms with Crippen LogP contribution in [0.1, 0.15) is 123 Å². The van der Waals surface area contributed by atoms with Crippen molar-refractivity contribution in [3.8, 4) is 0 Å². The van der Waals surface area contributed by atoms with E-state index in [1.54, 1.807) is 0 Å². The highest BCUT2D eigenvalue weighted by atomic mass is 16.5. The summed E-state index contributed by atoms with van der Waals surface area (Å²) in [5.41, 5.74) is 0. The lowest BCUT2D eigenvalue weighted by Crippen LogP contribution is -2.42. The van der Waals surface area contributed by atoms with E-state index in [0.717, 1.165) is 25.2 Å². The van der Waals surface area contributed by atoms with Crippen LogP contribution in [-0.4, -0.2) is 34.7 Å². The first-order chi connectivity index (χ1) is 15.8. The summed E-state index contributed by atoms with van der Waals surface area (Å²) in [6.07, 6.45) is 18.8. The minimum absolute atomic E-state index is 0.288. The first-order valence-electron chi connectivity index (χ1n) is 13.5. The lowest BCUT2D eigenvalue weighted by molar-refractivity contribution is -0.167. The van der Waals surface area contributed by atoms with Gasteiger partial charge >= 0.3 is 17.9 Å². The van der Waals surface area contributed by atoms with Gasteiger partial charge in [-0.15, -0.1) is 0 Å². The molecule has 192 valence electrons. The molecule has 1 aliphatic rings. The molecule has 0 aliphatic heterocycles. The second kappa shape index (κ2) is 17.8. The van der Waals surface area contributed by atoms with Gasteiger partial charge in [0.15, 0.2) is 0 Å². The third-order valence-electron chi connectivity index (χ3n) is 6.97. The van der Waals surface area contributed by atoms with Crippen LogP contribution in [0.4, 0.5) is 0 Å². The summed E-state index contributed by atoms with van der Waals surface area (Å²) >= 11 is 0. The van der Waals surface area contributed by atoms with Crippen LogP contribution in [0, 0.1) is 23.7 Å². The molecule has 3 atom stereocenters. The van der Waals surface area contributed by atoms with Crippen molar-refractivity contribution in [3.05, 3.63) is 0 Å². The number of hydrogen-bond acceptors (Lipinski definition) is 4. The Labute approximate surface area is 200 Å². The molecule has 6 nitrogen and oxygen atoms in total. The molecule has 1 saturated carbocycles. The summed E-state index contributed by atoms with van der Waals surface area (Å²) in [4.78, 5) is 35.3. The van der Waals surface area contributed by atoms with Crippen LogP contribution in [0.5, 0.6) is 0 Å². The molecule has 3 unspecified atom stereocenters. The van der Waals surface area contributed by atoms with Crippen LogP contribution in [-0.2, 0) is 19.1 Å². The highest BCUT2D eigenvalue weighted by molar-refractivity contribution is 5.86. The van der Waals surface area contributed by atoms with E-state index in [-0.39, 0.29) is 6.61 Å². The molecule has 0 aromatic heterocycles. The first kappa shape index (κ1) is 29.4. The summed E-state index contributed by atoms with van der Waals surface area (Å²) in [5, 5.41) is 18.7. The molecule has 0 aromatic carbocycles. The molecule has 33 heavy (non-hydrogen) atoms. The molecule has 0 spiro atoms. The summed E-state index contributed by atoms with van der Waals surface area (Å²) in [6.45, 7) is 4.88.